The Morgan fingerprint density at radius 3 is 2.56 bits per heavy atom. The van der Waals surface area contributed by atoms with Gasteiger partial charge in [0.25, 0.3) is 0 Å². The highest BCUT2D eigenvalue weighted by Crippen LogP contribution is 2.32. The summed E-state index contributed by atoms with van der Waals surface area (Å²) in [5.74, 6) is 0. The summed E-state index contributed by atoms with van der Waals surface area (Å²) in [5.41, 5.74) is 2.15. The van der Waals surface area contributed by atoms with Gasteiger partial charge in [0.05, 0.1) is 0 Å². The fourth-order valence-electron chi connectivity index (χ4n) is 0.264. The van der Waals surface area contributed by atoms with Gasteiger partial charge in [-0.2, -0.15) is 8.78 Å². The second-order valence-corrected chi connectivity index (χ2v) is 2.44. The monoisotopic (exact) mass is 169 g/mol. The summed E-state index contributed by atoms with van der Waals surface area (Å²) < 4.78 is 23.9. The molecule has 2 nitrogen and oxygen atoms in total. The lowest BCUT2D eigenvalue weighted by atomic mass is 10.7. The highest BCUT2D eigenvalue weighted by Gasteiger charge is 2.31. The van der Waals surface area contributed by atoms with Crippen LogP contribution in [0.3, 0.4) is 0 Å². The van der Waals surface area contributed by atoms with Crippen LogP contribution in [-0.2, 0) is 5.38 Å². The van der Waals surface area contributed by atoms with Crippen molar-refractivity contribution in [3.63, 3.8) is 0 Å². The number of hydrogen-bond donors (Lipinski definition) is 0. The molecule has 1 heterocycles. The minimum atomic E-state index is -3.39. The van der Waals surface area contributed by atoms with Gasteiger partial charge >= 0.3 is 5.38 Å². The van der Waals surface area contributed by atoms with Gasteiger partial charge in [0.2, 0.25) is 5.01 Å². The lowest BCUT2D eigenvalue weighted by Crippen LogP contribution is -2.01. The van der Waals surface area contributed by atoms with Crippen LogP contribution >= 0.6 is 22.9 Å². The zero-order chi connectivity index (χ0) is 6.91. The quantitative estimate of drug-likeness (QED) is 0.597. The third-order valence-electron chi connectivity index (χ3n) is 0.566. The summed E-state index contributed by atoms with van der Waals surface area (Å²) in [7, 11) is 0. The van der Waals surface area contributed by atoms with Crippen LogP contribution in [0.2, 0.25) is 0 Å². The molecule has 1 aromatic heterocycles. The van der Waals surface area contributed by atoms with Gasteiger partial charge < -0.3 is 0 Å². The van der Waals surface area contributed by atoms with Crippen LogP contribution in [-0.4, -0.2) is 10.2 Å². The summed E-state index contributed by atoms with van der Waals surface area (Å²) in [5, 5.41) is 2.17. The maximum atomic E-state index is 11.9. The van der Waals surface area contributed by atoms with Crippen molar-refractivity contribution in [1.29, 1.82) is 0 Å². The number of hydrogen-bond acceptors (Lipinski definition) is 3. The smallest absolute Gasteiger partial charge is 0.180 e. The van der Waals surface area contributed by atoms with E-state index in [0.29, 0.717) is 11.3 Å². The van der Waals surface area contributed by atoms with Crippen molar-refractivity contribution in [2.45, 2.75) is 5.38 Å². The van der Waals surface area contributed by atoms with E-state index in [1.54, 1.807) is 0 Å². The Kier molecular flexibility index (Phi) is 1.63. The van der Waals surface area contributed by atoms with E-state index in [-0.39, 0.29) is 0 Å². The van der Waals surface area contributed by atoms with Crippen molar-refractivity contribution in [3.8, 4) is 0 Å². The van der Waals surface area contributed by atoms with E-state index in [2.05, 4.69) is 27.3 Å². The highest BCUT2D eigenvalue weighted by atomic mass is 35.5. The van der Waals surface area contributed by atoms with E-state index in [1.807, 2.05) is 0 Å². The summed E-state index contributed by atoms with van der Waals surface area (Å²) in [6.07, 6.45) is 0. The van der Waals surface area contributed by atoms with Crippen molar-refractivity contribution in [2.24, 2.45) is 0 Å². The molecule has 0 amide bonds. The first-order valence-corrected chi connectivity index (χ1v) is 3.07. The lowest BCUT2D eigenvalue weighted by molar-refractivity contribution is 0.0939. The van der Waals surface area contributed by atoms with Gasteiger partial charge in [0.15, 0.2) is 5.51 Å². The Morgan fingerprint density at radius 1 is 1.67 bits per heavy atom. The standard InChI is InChI=1S/C3ClF2N2S/c4-3(5,6)2-8-7-1-9-2. The summed E-state index contributed by atoms with van der Waals surface area (Å²) >= 11 is 5.16. The zero-order valence-electron chi connectivity index (χ0n) is 3.94. The minimum Gasteiger partial charge on any atom is -0.180 e. The third kappa shape index (κ3) is 1.56. The molecular formula is C3ClF2N2S. The van der Waals surface area contributed by atoms with Crippen LogP contribution in [0.15, 0.2) is 0 Å². The van der Waals surface area contributed by atoms with Crippen LogP contribution in [0.25, 0.3) is 0 Å². The second-order valence-electron chi connectivity index (χ2n) is 1.20. The van der Waals surface area contributed by atoms with Gasteiger partial charge in [-0.3, -0.25) is 0 Å². The number of halogens is 3. The van der Waals surface area contributed by atoms with Crippen molar-refractivity contribution in [2.75, 3.05) is 0 Å². The molecule has 49 valence electrons. The normalized spacial score (nSPS) is 11.9. The number of nitrogens with zero attached hydrogens (tertiary/aromatic N) is 2. The van der Waals surface area contributed by atoms with Crippen LogP contribution < -0.4 is 0 Å². The fourth-order valence-corrected chi connectivity index (χ4v) is 0.783. The van der Waals surface area contributed by atoms with Gasteiger partial charge in [-0.1, -0.05) is 11.3 Å². The average Bonchev–Trinajstić information content (AvgIpc) is 2.08. The number of aromatic nitrogens is 2. The Bertz CT molecular complexity index is 182. The fraction of sp³-hybridized carbons (Fsp3) is 0.333. The van der Waals surface area contributed by atoms with Crippen molar-refractivity contribution >= 4 is 22.9 Å². The molecule has 0 unspecified atom stereocenters. The van der Waals surface area contributed by atoms with E-state index in [0.717, 1.165) is 0 Å². The van der Waals surface area contributed by atoms with Crippen molar-refractivity contribution in [3.05, 3.63) is 10.5 Å². The molecule has 0 spiro atoms. The molecule has 1 rings (SSSR count). The molecule has 0 N–H and O–H groups in total. The summed E-state index contributed by atoms with van der Waals surface area (Å²) in [4.78, 5) is 0. The predicted octanol–water partition coefficient (Wildman–Crippen LogP) is 1.63. The molecule has 0 bridgehead atoms. The molecule has 0 fully saturated rings. The molecule has 0 aliphatic carbocycles. The van der Waals surface area contributed by atoms with Gasteiger partial charge in [-0.05, 0) is 11.6 Å². The van der Waals surface area contributed by atoms with Crippen molar-refractivity contribution < 1.29 is 8.78 Å². The first-order chi connectivity index (χ1) is 4.11. The lowest BCUT2D eigenvalue weighted by Gasteiger charge is -1.98. The Balaban J connectivity index is 2.90. The summed E-state index contributed by atoms with van der Waals surface area (Å²) in [6.45, 7) is 0. The summed E-state index contributed by atoms with van der Waals surface area (Å²) in [6, 6.07) is 0. The van der Waals surface area contributed by atoms with Gasteiger partial charge in [-0.25, -0.2) is 0 Å². The van der Waals surface area contributed by atoms with Crippen LogP contribution in [0, 0.1) is 5.51 Å². The van der Waals surface area contributed by atoms with Crippen LogP contribution in [0.5, 0.6) is 0 Å². The second kappa shape index (κ2) is 2.15. The molecule has 0 aliphatic heterocycles. The maximum absolute atomic E-state index is 11.9. The Labute approximate surface area is 58.5 Å². The van der Waals surface area contributed by atoms with Crippen molar-refractivity contribution in [1.82, 2.24) is 10.2 Å². The van der Waals surface area contributed by atoms with E-state index in [4.69, 9.17) is 0 Å². The van der Waals surface area contributed by atoms with Gasteiger partial charge in [-0.15, -0.1) is 10.2 Å². The molecule has 6 heteroatoms. The molecule has 9 heavy (non-hydrogen) atoms. The molecule has 0 saturated carbocycles. The number of alkyl halides is 3. The molecule has 1 radical (unpaired) electrons. The molecule has 1 aromatic rings. The molecular weight excluding hydrogens is 170 g/mol. The van der Waals surface area contributed by atoms with Crippen LogP contribution in [0.4, 0.5) is 8.78 Å². The highest BCUT2D eigenvalue weighted by molar-refractivity contribution is 7.09. The molecule has 0 aliphatic rings. The first-order valence-electron chi connectivity index (χ1n) is 1.87. The van der Waals surface area contributed by atoms with E-state index in [1.165, 1.54) is 0 Å². The largest absolute Gasteiger partial charge is 0.375 e. The average molecular weight is 170 g/mol. The topological polar surface area (TPSA) is 25.8 Å². The van der Waals surface area contributed by atoms with Gasteiger partial charge in [0.1, 0.15) is 0 Å². The zero-order valence-corrected chi connectivity index (χ0v) is 5.51. The minimum absolute atomic E-state index is 0.524. The van der Waals surface area contributed by atoms with Crippen LogP contribution in [0.1, 0.15) is 5.01 Å². The Morgan fingerprint density at radius 2 is 2.33 bits per heavy atom. The number of rotatable bonds is 1. The maximum Gasteiger partial charge on any atom is 0.375 e. The third-order valence-corrected chi connectivity index (χ3v) is 1.56. The van der Waals surface area contributed by atoms with E-state index < -0.39 is 10.4 Å². The SMILES string of the molecule is FC(F)(Cl)c1nn[c]s1. The van der Waals surface area contributed by atoms with Gasteiger partial charge in [0, 0.05) is 0 Å². The predicted molar refractivity (Wildman–Crippen MR) is 28.5 cm³/mol. The molecule has 0 saturated heterocycles. The Hall–Kier alpha value is -0.290. The molecule has 0 aromatic carbocycles. The molecule has 0 atom stereocenters. The van der Waals surface area contributed by atoms with E-state index >= 15 is 0 Å². The van der Waals surface area contributed by atoms with E-state index in [9.17, 15) is 8.78 Å². The first kappa shape index (κ1) is 6.82.